The summed E-state index contributed by atoms with van der Waals surface area (Å²) in [4.78, 5) is 10.7. The van der Waals surface area contributed by atoms with Crippen LogP contribution in [0.2, 0.25) is 0 Å². The summed E-state index contributed by atoms with van der Waals surface area (Å²) >= 11 is 0. The number of carboxylic acids is 1. The number of benzene rings is 1. The highest BCUT2D eigenvalue weighted by atomic mass is 16.4. The first-order valence-electron chi connectivity index (χ1n) is 5.02. The highest BCUT2D eigenvalue weighted by Gasteiger charge is 2.07. The Morgan fingerprint density at radius 2 is 2.12 bits per heavy atom. The number of nitrogens with one attached hydrogen (secondary N) is 1. The van der Waals surface area contributed by atoms with Gasteiger partial charge in [-0.1, -0.05) is 0 Å². The molecule has 0 saturated heterocycles. The molecule has 0 fully saturated rings. The largest absolute Gasteiger partial charge is 0.478 e. The Morgan fingerprint density at radius 1 is 1.35 bits per heavy atom. The van der Waals surface area contributed by atoms with E-state index < -0.39 is 5.97 Å². The molecule has 5 heteroatoms. The maximum atomic E-state index is 10.7. The second-order valence-corrected chi connectivity index (χ2v) is 3.64. The first-order valence-corrected chi connectivity index (χ1v) is 5.02. The predicted octanol–water partition coefficient (Wildman–Crippen LogP) is 2.61. The topological polar surface area (TPSA) is 88.5 Å². The first-order chi connectivity index (χ1) is 8.06. The van der Waals surface area contributed by atoms with Crippen molar-refractivity contribution < 1.29 is 14.3 Å². The van der Waals surface area contributed by atoms with E-state index in [0.717, 1.165) is 5.76 Å². The third kappa shape index (κ3) is 2.39. The number of furan rings is 1. The number of hydrogen-bond acceptors (Lipinski definition) is 4. The van der Waals surface area contributed by atoms with Gasteiger partial charge in [0.15, 0.2) is 5.88 Å². The summed E-state index contributed by atoms with van der Waals surface area (Å²) < 4.78 is 5.34. The summed E-state index contributed by atoms with van der Waals surface area (Å²) in [6.45, 7) is 1.84. The Balaban J connectivity index is 2.25. The van der Waals surface area contributed by atoms with Gasteiger partial charge in [0.1, 0.15) is 5.76 Å². The minimum absolute atomic E-state index is 0.156. The predicted molar refractivity (Wildman–Crippen MR) is 64.5 cm³/mol. The quantitative estimate of drug-likeness (QED) is 0.708. The van der Waals surface area contributed by atoms with Crippen molar-refractivity contribution in [2.75, 3.05) is 11.1 Å². The van der Waals surface area contributed by atoms with Crippen molar-refractivity contribution in [2.45, 2.75) is 6.92 Å². The molecule has 4 N–H and O–H groups in total. The van der Waals surface area contributed by atoms with Crippen molar-refractivity contribution in [3.63, 3.8) is 0 Å². The van der Waals surface area contributed by atoms with Crippen LogP contribution < -0.4 is 11.1 Å². The molecule has 0 atom stereocenters. The van der Waals surface area contributed by atoms with Gasteiger partial charge >= 0.3 is 5.97 Å². The maximum absolute atomic E-state index is 10.7. The average molecular weight is 232 g/mol. The molecule has 88 valence electrons. The second kappa shape index (κ2) is 4.21. The molecule has 0 spiro atoms. The van der Waals surface area contributed by atoms with E-state index in [2.05, 4.69) is 5.32 Å². The van der Waals surface area contributed by atoms with Gasteiger partial charge < -0.3 is 20.6 Å². The van der Waals surface area contributed by atoms with Crippen LogP contribution >= 0.6 is 0 Å². The number of nitrogen functional groups attached to an aromatic ring is 1. The zero-order chi connectivity index (χ0) is 12.4. The zero-order valence-electron chi connectivity index (χ0n) is 9.23. The Hall–Kier alpha value is -2.43. The summed E-state index contributed by atoms with van der Waals surface area (Å²) in [7, 11) is 0. The van der Waals surface area contributed by atoms with Gasteiger partial charge in [-0.2, -0.15) is 0 Å². The normalized spacial score (nSPS) is 10.2. The molecule has 0 aliphatic carbocycles. The molecule has 0 bridgehead atoms. The number of carbonyl (C=O) groups is 1. The molecule has 0 amide bonds. The van der Waals surface area contributed by atoms with E-state index in [1.54, 1.807) is 12.1 Å². The molecule has 1 aromatic carbocycles. The smallest absolute Gasteiger partial charge is 0.335 e. The molecule has 2 aromatic rings. The molecule has 0 unspecified atom stereocenters. The van der Waals surface area contributed by atoms with Crippen molar-refractivity contribution in [1.29, 1.82) is 0 Å². The summed E-state index contributed by atoms with van der Waals surface area (Å²) in [6.07, 6.45) is 0. The minimum atomic E-state index is -1.00. The van der Waals surface area contributed by atoms with Gasteiger partial charge in [-0.3, -0.25) is 0 Å². The van der Waals surface area contributed by atoms with Crippen LogP contribution in [0.3, 0.4) is 0 Å². The Kier molecular flexibility index (Phi) is 2.74. The zero-order valence-corrected chi connectivity index (χ0v) is 9.23. The highest BCUT2D eigenvalue weighted by molar-refractivity contribution is 5.90. The first kappa shape index (κ1) is 11.1. The van der Waals surface area contributed by atoms with Crippen molar-refractivity contribution >= 4 is 23.2 Å². The molecule has 0 aliphatic rings. The van der Waals surface area contributed by atoms with E-state index >= 15 is 0 Å². The SMILES string of the molecule is Cc1ccc(Nc2ccc(C(=O)O)cc2N)o1. The molecule has 0 aliphatic heterocycles. The third-order valence-electron chi connectivity index (χ3n) is 2.30. The van der Waals surface area contributed by atoms with Gasteiger partial charge in [0.25, 0.3) is 0 Å². The fourth-order valence-corrected chi connectivity index (χ4v) is 1.44. The van der Waals surface area contributed by atoms with Crippen molar-refractivity contribution in [3.8, 4) is 0 Å². The Labute approximate surface area is 97.9 Å². The molecule has 5 nitrogen and oxygen atoms in total. The van der Waals surface area contributed by atoms with E-state index in [1.807, 2.05) is 13.0 Å². The molecule has 0 radical (unpaired) electrons. The number of aryl methyl sites for hydroxylation is 1. The lowest BCUT2D eigenvalue weighted by Gasteiger charge is -2.07. The number of hydrogen-bond donors (Lipinski definition) is 3. The van der Waals surface area contributed by atoms with Crippen LogP contribution in [0.15, 0.2) is 34.7 Å². The number of carboxylic acid groups (broad SMARTS) is 1. The fraction of sp³-hybridized carbons (Fsp3) is 0.0833. The van der Waals surface area contributed by atoms with Gasteiger partial charge in [0.2, 0.25) is 0 Å². The summed E-state index contributed by atoms with van der Waals surface area (Å²) in [6, 6.07) is 8.10. The van der Waals surface area contributed by atoms with Gasteiger partial charge in [-0.25, -0.2) is 4.79 Å². The van der Waals surface area contributed by atoms with Gasteiger partial charge in [0.05, 0.1) is 16.9 Å². The van der Waals surface area contributed by atoms with Gasteiger partial charge in [0, 0.05) is 6.07 Å². The van der Waals surface area contributed by atoms with Crippen molar-refractivity contribution in [2.24, 2.45) is 0 Å². The van der Waals surface area contributed by atoms with Crippen LogP contribution in [0.1, 0.15) is 16.1 Å². The molecule has 17 heavy (non-hydrogen) atoms. The molecule has 2 rings (SSSR count). The van der Waals surface area contributed by atoms with E-state index in [4.69, 9.17) is 15.3 Å². The van der Waals surface area contributed by atoms with Crippen LogP contribution in [0.25, 0.3) is 0 Å². The second-order valence-electron chi connectivity index (χ2n) is 3.64. The number of nitrogens with two attached hydrogens (primary N) is 1. The molecule has 0 saturated carbocycles. The molecule has 1 heterocycles. The minimum Gasteiger partial charge on any atom is -0.478 e. The number of aromatic carboxylic acids is 1. The van der Waals surface area contributed by atoms with E-state index in [1.165, 1.54) is 12.1 Å². The van der Waals surface area contributed by atoms with E-state index in [0.29, 0.717) is 17.3 Å². The van der Waals surface area contributed by atoms with E-state index in [-0.39, 0.29) is 5.56 Å². The lowest BCUT2D eigenvalue weighted by molar-refractivity contribution is 0.0697. The monoisotopic (exact) mass is 232 g/mol. The van der Waals surface area contributed by atoms with Crippen molar-refractivity contribution in [1.82, 2.24) is 0 Å². The van der Waals surface area contributed by atoms with Crippen LogP contribution in [0.5, 0.6) is 0 Å². The fourth-order valence-electron chi connectivity index (χ4n) is 1.44. The molecule has 1 aromatic heterocycles. The summed E-state index contributed by atoms with van der Waals surface area (Å²) in [5.74, 6) is 0.350. The standard InChI is InChI=1S/C12H12N2O3/c1-7-2-5-11(17-7)14-10-4-3-8(12(15)16)6-9(10)13/h2-6,14H,13H2,1H3,(H,15,16). The number of rotatable bonds is 3. The lowest BCUT2D eigenvalue weighted by Crippen LogP contribution is -2.00. The number of anilines is 3. The summed E-state index contributed by atoms with van der Waals surface area (Å²) in [5.41, 5.74) is 6.88. The van der Waals surface area contributed by atoms with Crippen molar-refractivity contribution in [3.05, 3.63) is 41.7 Å². The average Bonchev–Trinajstić information content (AvgIpc) is 2.67. The molecular weight excluding hydrogens is 220 g/mol. The lowest BCUT2D eigenvalue weighted by atomic mass is 10.2. The van der Waals surface area contributed by atoms with Gasteiger partial charge in [-0.15, -0.1) is 0 Å². The van der Waals surface area contributed by atoms with Crippen LogP contribution in [0.4, 0.5) is 17.3 Å². The molecular formula is C12H12N2O3. The summed E-state index contributed by atoms with van der Waals surface area (Å²) in [5, 5.41) is 11.8. The van der Waals surface area contributed by atoms with Crippen LogP contribution in [-0.4, -0.2) is 11.1 Å². The third-order valence-corrected chi connectivity index (χ3v) is 2.30. The van der Waals surface area contributed by atoms with Crippen LogP contribution in [-0.2, 0) is 0 Å². The van der Waals surface area contributed by atoms with Gasteiger partial charge in [-0.05, 0) is 31.2 Å². The Morgan fingerprint density at radius 3 is 2.65 bits per heavy atom. The Bertz CT molecular complexity index is 561. The van der Waals surface area contributed by atoms with Crippen LogP contribution in [0, 0.1) is 6.92 Å². The maximum Gasteiger partial charge on any atom is 0.335 e. The van der Waals surface area contributed by atoms with E-state index in [9.17, 15) is 4.79 Å². The highest BCUT2D eigenvalue weighted by Crippen LogP contribution is 2.25.